The fourth-order valence-corrected chi connectivity index (χ4v) is 6.58. The summed E-state index contributed by atoms with van der Waals surface area (Å²) in [7, 11) is 0. The van der Waals surface area contributed by atoms with E-state index < -0.39 is 5.91 Å². The number of hydrogen-bond donors (Lipinski definition) is 4. The van der Waals surface area contributed by atoms with Crippen molar-refractivity contribution in [2.24, 2.45) is 11.8 Å². The molecule has 1 atom stereocenters. The first-order valence-corrected chi connectivity index (χ1v) is 15.8. The maximum Gasteiger partial charge on any atom is 0.323 e. The summed E-state index contributed by atoms with van der Waals surface area (Å²) in [6.45, 7) is 4.20. The van der Waals surface area contributed by atoms with Gasteiger partial charge in [-0.25, -0.2) is 15.4 Å². The first-order chi connectivity index (χ1) is 20.6. The molecule has 1 saturated heterocycles. The van der Waals surface area contributed by atoms with Gasteiger partial charge in [0.05, 0.1) is 5.56 Å². The van der Waals surface area contributed by atoms with E-state index in [-0.39, 0.29) is 23.7 Å². The van der Waals surface area contributed by atoms with E-state index >= 15 is 0 Å². The molecule has 2 aliphatic carbocycles. The van der Waals surface area contributed by atoms with Crippen LogP contribution in [0.3, 0.4) is 0 Å². The summed E-state index contributed by atoms with van der Waals surface area (Å²) in [5, 5.41) is 15.9. The van der Waals surface area contributed by atoms with Crippen LogP contribution in [0.25, 0.3) is 0 Å². The van der Waals surface area contributed by atoms with Gasteiger partial charge in [-0.3, -0.25) is 14.8 Å². The van der Waals surface area contributed by atoms with Gasteiger partial charge in [0.2, 0.25) is 5.95 Å². The molecule has 10 heteroatoms. The average molecular weight is 579 g/mol. The van der Waals surface area contributed by atoms with Gasteiger partial charge in [-0.05, 0) is 80.9 Å². The van der Waals surface area contributed by atoms with E-state index in [1.54, 1.807) is 5.48 Å². The van der Waals surface area contributed by atoms with Gasteiger partial charge >= 0.3 is 5.97 Å². The number of amides is 1. The van der Waals surface area contributed by atoms with Crippen LogP contribution in [0.4, 0.5) is 5.95 Å². The Kier molecular flexibility index (Phi) is 11.1. The summed E-state index contributed by atoms with van der Waals surface area (Å²) < 4.78 is 5.93. The Balaban J connectivity index is 1.03. The summed E-state index contributed by atoms with van der Waals surface area (Å²) in [6.07, 6.45) is 15.3. The first kappa shape index (κ1) is 30.4. The van der Waals surface area contributed by atoms with Crippen molar-refractivity contribution in [3.63, 3.8) is 0 Å². The van der Waals surface area contributed by atoms with Crippen LogP contribution in [0.2, 0.25) is 0 Å². The zero-order chi connectivity index (χ0) is 29.1. The van der Waals surface area contributed by atoms with Crippen LogP contribution in [-0.4, -0.2) is 58.8 Å². The van der Waals surface area contributed by atoms with Gasteiger partial charge in [0.1, 0.15) is 12.1 Å². The third kappa shape index (κ3) is 8.49. The van der Waals surface area contributed by atoms with Crippen molar-refractivity contribution in [1.82, 2.24) is 26.1 Å². The van der Waals surface area contributed by atoms with Crippen LogP contribution >= 0.6 is 0 Å². The molecule has 0 radical (unpaired) electrons. The maximum absolute atomic E-state index is 13.1. The second-order valence-corrected chi connectivity index (χ2v) is 12.2. The molecule has 0 spiro atoms. The third-order valence-corrected chi connectivity index (χ3v) is 9.17. The summed E-state index contributed by atoms with van der Waals surface area (Å²) in [5.74, 6) is 0.914. The molecule has 3 aliphatic rings. The minimum Gasteiger partial charge on any atom is -0.461 e. The number of rotatable bonds is 12. The normalized spacial score (nSPS) is 19.5. The number of benzene rings is 1. The van der Waals surface area contributed by atoms with Crippen molar-refractivity contribution in [1.29, 1.82) is 0 Å². The molecule has 1 aromatic heterocycles. The molecule has 10 nitrogen and oxygen atoms in total. The lowest BCUT2D eigenvalue weighted by Crippen LogP contribution is -2.45. The van der Waals surface area contributed by atoms with E-state index in [0.717, 1.165) is 64.7 Å². The zero-order valence-electron chi connectivity index (χ0n) is 24.6. The molecular formula is C32H46N6O4. The molecule has 4 N–H and O–H groups in total. The summed E-state index contributed by atoms with van der Waals surface area (Å²) in [4.78, 5) is 35.3. The second kappa shape index (κ2) is 15.4. The number of esters is 1. The number of hydroxylamine groups is 1. The van der Waals surface area contributed by atoms with Crippen LogP contribution < -0.4 is 21.0 Å². The molecule has 42 heavy (non-hydrogen) atoms. The van der Waals surface area contributed by atoms with Crippen molar-refractivity contribution in [2.45, 2.75) is 95.9 Å². The quantitative estimate of drug-likeness (QED) is 0.167. The number of aromatic nitrogens is 2. The van der Waals surface area contributed by atoms with E-state index in [2.05, 4.69) is 49.8 Å². The van der Waals surface area contributed by atoms with Crippen molar-refractivity contribution < 1.29 is 19.5 Å². The van der Waals surface area contributed by atoms with Gasteiger partial charge in [-0.2, -0.15) is 0 Å². The molecule has 1 aromatic carbocycles. The number of nitrogens with one attached hydrogen (secondary N) is 3. The van der Waals surface area contributed by atoms with Crippen molar-refractivity contribution >= 4 is 17.8 Å². The molecular weight excluding hydrogens is 532 g/mol. The molecule has 1 amide bonds. The van der Waals surface area contributed by atoms with E-state index in [9.17, 15) is 9.59 Å². The molecule has 2 saturated carbocycles. The Morgan fingerprint density at radius 1 is 0.881 bits per heavy atom. The largest absolute Gasteiger partial charge is 0.461 e. The van der Waals surface area contributed by atoms with Gasteiger partial charge in [0, 0.05) is 38.6 Å². The topological polar surface area (TPSA) is 129 Å². The molecule has 2 aromatic rings. The number of hydrogen-bond acceptors (Lipinski definition) is 9. The molecule has 2 heterocycles. The molecule has 1 aliphatic heterocycles. The zero-order valence-corrected chi connectivity index (χ0v) is 24.6. The lowest BCUT2D eigenvalue weighted by molar-refractivity contribution is -0.153. The van der Waals surface area contributed by atoms with Gasteiger partial charge in [0.25, 0.3) is 5.91 Å². The highest BCUT2D eigenvalue weighted by molar-refractivity contribution is 5.92. The Bertz CT molecular complexity index is 1120. The standard InChI is InChI=1S/C32H46N6O4/c39-30(37-41)27-21-35-32(36-22-27)38-16-14-25(15-17-38)19-33-18-23-10-12-24(13-11-23)20-34-29(26-6-2-1-3-7-26)31(40)42-28-8-4-5-9-28/h10-13,21-22,25-26,28-29,33-34,41H,1-9,14-20H2,(H,37,39)/t29-/m0/s1. The van der Waals surface area contributed by atoms with E-state index in [1.165, 1.54) is 55.6 Å². The van der Waals surface area contributed by atoms with Gasteiger partial charge in [0.15, 0.2) is 0 Å². The predicted molar refractivity (Wildman–Crippen MR) is 160 cm³/mol. The predicted octanol–water partition coefficient (Wildman–Crippen LogP) is 4.13. The van der Waals surface area contributed by atoms with Crippen LogP contribution in [0, 0.1) is 11.8 Å². The van der Waals surface area contributed by atoms with Gasteiger partial charge in [-0.1, -0.05) is 43.5 Å². The molecule has 0 bridgehead atoms. The molecule has 5 rings (SSSR count). The highest BCUT2D eigenvalue weighted by Gasteiger charge is 2.32. The Morgan fingerprint density at radius 2 is 1.50 bits per heavy atom. The molecule has 0 unspecified atom stereocenters. The van der Waals surface area contributed by atoms with Crippen molar-refractivity contribution in [3.8, 4) is 0 Å². The summed E-state index contributed by atoms with van der Waals surface area (Å²) >= 11 is 0. The van der Waals surface area contributed by atoms with E-state index in [0.29, 0.717) is 24.3 Å². The van der Waals surface area contributed by atoms with E-state index in [4.69, 9.17) is 9.94 Å². The van der Waals surface area contributed by atoms with Gasteiger partial charge < -0.3 is 20.3 Å². The summed E-state index contributed by atoms with van der Waals surface area (Å²) in [5.41, 5.74) is 4.26. The number of piperidine rings is 1. The Morgan fingerprint density at radius 3 is 2.14 bits per heavy atom. The maximum atomic E-state index is 13.1. The number of carbonyl (C=O) groups excluding carboxylic acids is 2. The van der Waals surface area contributed by atoms with Crippen molar-refractivity contribution in [2.75, 3.05) is 24.5 Å². The minimum atomic E-state index is -0.614. The number of anilines is 1. The average Bonchev–Trinajstić information content (AvgIpc) is 3.55. The van der Waals surface area contributed by atoms with Crippen LogP contribution in [0.5, 0.6) is 0 Å². The number of ether oxygens (including phenoxy) is 1. The monoisotopic (exact) mass is 578 g/mol. The SMILES string of the molecule is O=C(NO)c1cnc(N2CCC(CNCc3ccc(CN[C@H](C(=O)OC4CCCC4)C4CCCCC4)cc3)CC2)nc1. The molecule has 228 valence electrons. The highest BCUT2D eigenvalue weighted by Crippen LogP contribution is 2.29. The van der Waals surface area contributed by atoms with Crippen LogP contribution in [0.1, 0.15) is 92.1 Å². The number of nitrogens with zero attached hydrogens (tertiary/aromatic N) is 3. The summed E-state index contributed by atoms with van der Waals surface area (Å²) in [6, 6.07) is 8.47. The fourth-order valence-electron chi connectivity index (χ4n) is 6.58. The van der Waals surface area contributed by atoms with Crippen molar-refractivity contribution in [3.05, 3.63) is 53.3 Å². The first-order valence-electron chi connectivity index (χ1n) is 15.8. The third-order valence-electron chi connectivity index (χ3n) is 9.17. The number of carbonyl (C=O) groups is 2. The van der Waals surface area contributed by atoms with Crippen LogP contribution in [0.15, 0.2) is 36.7 Å². The second-order valence-electron chi connectivity index (χ2n) is 12.2. The molecule has 3 fully saturated rings. The lowest BCUT2D eigenvalue weighted by atomic mass is 9.83. The van der Waals surface area contributed by atoms with Gasteiger partial charge in [-0.15, -0.1) is 0 Å². The smallest absolute Gasteiger partial charge is 0.323 e. The van der Waals surface area contributed by atoms with E-state index in [1.807, 2.05) is 0 Å². The minimum absolute atomic E-state index is 0.0435. The lowest BCUT2D eigenvalue weighted by Gasteiger charge is -2.32. The highest BCUT2D eigenvalue weighted by atomic mass is 16.5. The van der Waals surface area contributed by atoms with Crippen LogP contribution in [-0.2, 0) is 22.6 Å². The Labute approximate surface area is 249 Å². The fraction of sp³-hybridized carbons (Fsp3) is 0.625. The Hall–Kier alpha value is -3.08.